The Kier molecular flexibility index (Phi) is 4.89. The lowest BCUT2D eigenvalue weighted by atomic mass is 10.1. The standard InChI is InChI=1S/C19H25NO/c1-13-10-15(3)19(16(4)11-13)20-12-17(5)21-18-9-7-6-8-14(18)2/h6-11,17,20H,12H2,1-5H3. The molecule has 0 aliphatic heterocycles. The zero-order valence-electron chi connectivity index (χ0n) is 13.7. The van der Waals surface area contributed by atoms with Crippen LogP contribution in [0.25, 0.3) is 0 Å². The Balaban J connectivity index is 1.99. The molecule has 0 fully saturated rings. The van der Waals surface area contributed by atoms with Crippen molar-refractivity contribution in [1.82, 2.24) is 0 Å². The number of aryl methyl sites for hydroxylation is 4. The van der Waals surface area contributed by atoms with Crippen molar-refractivity contribution >= 4 is 5.69 Å². The molecule has 0 aromatic heterocycles. The number of para-hydroxylation sites is 1. The average Bonchev–Trinajstić information content (AvgIpc) is 2.40. The van der Waals surface area contributed by atoms with Crippen molar-refractivity contribution in [1.29, 1.82) is 0 Å². The van der Waals surface area contributed by atoms with Gasteiger partial charge < -0.3 is 10.1 Å². The molecule has 0 radical (unpaired) electrons. The van der Waals surface area contributed by atoms with Gasteiger partial charge in [0.2, 0.25) is 0 Å². The van der Waals surface area contributed by atoms with Crippen molar-refractivity contribution < 1.29 is 4.74 Å². The van der Waals surface area contributed by atoms with Crippen LogP contribution in [0.1, 0.15) is 29.2 Å². The fraction of sp³-hybridized carbons (Fsp3) is 0.368. The molecule has 0 aliphatic carbocycles. The fourth-order valence-electron chi connectivity index (χ4n) is 2.65. The molecule has 2 aromatic rings. The lowest BCUT2D eigenvalue weighted by Gasteiger charge is -2.19. The molecule has 0 heterocycles. The monoisotopic (exact) mass is 283 g/mol. The number of rotatable bonds is 5. The third kappa shape index (κ3) is 4.01. The minimum absolute atomic E-state index is 0.117. The predicted molar refractivity (Wildman–Crippen MR) is 90.4 cm³/mol. The van der Waals surface area contributed by atoms with Crippen LogP contribution < -0.4 is 10.1 Å². The summed E-state index contributed by atoms with van der Waals surface area (Å²) in [7, 11) is 0. The van der Waals surface area contributed by atoms with Crippen molar-refractivity contribution in [3.8, 4) is 5.75 Å². The van der Waals surface area contributed by atoms with Crippen LogP contribution in [0.15, 0.2) is 36.4 Å². The van der Waals surface area contributed by atoms with E-state index in [9.17, 15) is 0 Å². The number of hydrogen-bond acceptors (Lipinski definition) is 2. The van der Waals surface area contributed by atoms with Gasteiger partial charge in [-0.1, -0.05) is 35.9 Å². The lowest BCUT2D eigenvalue weighted by molar-refractivity contribution is 0.233. The molecule has 0 spiro atoms. The van der Waals surface area contributed by atoms with Gasteiger partial charge in [-0.05, 0) is 57.4 Å². The minimum Gasteiger partial charge on any atom is -0.489 e. The quantitative estimate of drug-likeness (QED) is 0.851. The second-order valence-corrected chi connectivity index (χ2v) is 5.85. The van der Waals surface area contributed by atoms with E-state index in [0.717, 1.165) is 12.3 Å². The highest BCUT2D eigenvalue weighted by Gasteiger charge is 2.08. The predicted octanol–water partition coefficient (Wildman–Crippen LogP) is 4.80. The third-order valence-corrected chi connectivity index (χ3v) is 3.67. The zero-order valence-corrected chi connectivity index (χ0v) is 13.7. The smallest absolute Gasteiger partial charge is 0.122 e. The lowest BCUT2D eigenvalue weighted by Crippen LogP contribution is -2.23. The number of hydrogen-bond donors (Lipinski definition) is 1. The van der Waals surface area contributed by atoms with Gasteiger partial charge >= 0.3 is 0 Å². The molecular formula is C19H25NO. The SMILES string of the molecule is Cc1cc(C)c(NCC(C)Oc2ccccc2C)c(C)c1. The number of anilines is 1. The summed E-state index contributed by atoms with van der Waals surface area (Å²) >= 11 is 0. The summed E-state index contributed by atoms with van der Waals surface area (Å²) in [5, 5.41) is 3.52. The van der Waals surface area contributed by atoms with Crippen LogP contribution in [-0.4, -0.2) is 12.6 Å². The van der Waals surface area contributed by atoms with Gasteiger partial charge in [-0.15, -0.1) is 0 Å². The van der Waals surface area contributed by atoms with Crippen LogP contribution in [0.3, 0.4) is 0 Å². The van der Waals surface area contributed by atoms with Crippen LogP contribution in [0, 0.1) is 27.7 Å². The largest absolute Gasteiger partial charge is 0.489 e. The molecule has 2 nitrogen and oxygen atoms in total. The van der Waals surface area contributed by atoms with Crippen molar-refractivity contribution in [2.45, 2.75) is 40.7 Å². The molecule has 2 rings (SSSR count). The molecule has 2 aromatic carbocycles. The van der Waals surface area contributed by atoms with Crippen LogP contribution >= 0.6 is 0 Å². The van der Waals surface area contributed by atoms with Crippen LogP contribution in [0.5, 0.6) is 5.75 Å². The van der Waals surface area contributed by atoms with Gasteiger partial charge in [0.25, 0.3) is 0 Å². The van der Waals surface area contributed by atoms with Crippen molar-refractivity contribution in [2.75, 3.05) is 11.9 Å². The summed E-state index contributed by atoms with van der Waals surface area (Å²) in [4.78, 5) is 0. The molecule has 0 saturated heterocycles. The number of ether oxygens (including phenoxy) is 1. The van der Waals surface area contributed by atoms with E-state index >= 15 is 0 Å². The molecule has 112 valence electrons. The molecule has 0 aliphatic rings. The molecule has 0 amide bonds. The highest BCUT2D eigenvalue weighted by atomic mass is 16.5. The van der Waals surface area contributed by atoms with Crippen molar-refractivity contribution in [3.05, 3.63) is 58.7 Å². The van der Waals surface area contributed by atoms with Crippen molar-refractivity contribution in [2.24, 2.45) is 0 Å². The van der Waals surface area contributed by atoms with Crippen molar-refractivity contribution in [3.63, 3.8) is 0 Å². The number of nitrogens with one attached hydrogen (secondary N) is 1. The highest BCUT2D eigenvalue weighted by molar-refractivity contribution is 5.58. The normalized spacial score (nSPS) is 12.0. The first-order valence-electron chi connectivity index (χ1n) is 7.51. The van der Waals surface area contributed by atoms with Gasteiger partial charge in [0, 0.05) is 5.69 Å². The number of benzene rings is 2. The van der Waals surface area contributed by atoms with E-state index in [1.807, 2.05) is 18.2 Å². The van der Waals surface area contributed by atoms with E-state index in [1.54, 1.807) is 0 Å². The van der Waals surface area contributed by atoms with Gasteiger partial charge in [-0.3, -0.25) is 0 Å². The molecule has 1 unspecified atom stereocenters. The summed E-state index contributed by atoms with van der Waals surface area (Å²) in [5.41, 5.74) is 6.28. The van der Waals surface area contributed by atoms with Gasteiger partial charge in [0.15, 0.2) is 0 Å². The van der Waals surface area contributed by atoms with E-state index in [4.69, 9.17) is 4.74 Å². The Morgan fingerprint density at radius 1 is 0.952 bits per heavy atom. The summed E-state index contributed by atoms with van der Waals surface area (Å²) in [6.07, 6.45) is 0.117. The van der Waals surface area contributed by atoms with E-state index in [-0.39, 0.29) is 6.10 Å². The molecule has 0 bridgehead atoms. The van der Waals surface area contributed by atoms with Gasteiger partial charge in [-0.2, -0.15) is 0 Å². The Labute approximate surface area is 128 Å². The van der Waals surface area contributed by atoms with Crippen LogP contribution in [0.2, 0.25) is 0 Å². The minimum atomic E-state index is 0.117. The van der Waals surface area contributed by atoms with Gasteiger partial charge in [-0.25, -0.2) is 0 Å². The maximum atomic E-state index is 6.01. The maximum Gasteiger partial charge on any atom is 0.122 e. The molecular weight excluding hydrogens is 258 g/mol. The molecule has 1 N–H and O–H groups in total. The highest BCUT2D eigenvalue weighted by Crippen LogP contribution is 2.22. The Morgan fingerprint density at radius 3 is 2.19 bits per heavy atom. The van der Waals surface area contributed by atoms with E-state index < -0.39 is 0 Å². The van der Waals surface area contributed by atoms with Gasteiger partial charge in [0.1, 0.15) is 11.9 Å². The molecule has 21 heavy (non-hydrogen) atoms. The first-order valence-corrected chi connectivity index (χ1v) is 7.51. The summed E-state index contributed by atoms with van der Waals surface area (Å²) < 4.78 is 6.01. The van der Waals surface area contributed by atoms with E-state index in [2.05, 4.69) is 58.1 Å². The topological polar surface area (TPSA) is 21.3 Å². The summed E-state index contributed by atoms with van der Waals surface area (Å²) in [6.45, 7) is 11.4. The van der Waals surface area contributed by atoms with Crippen LogP contribution in [0.4, 0.5) is 5.69 Å². The molecule has 0 saturated carbocycles. The van der Waals surface area contributed by atoms with Gasteiger partial charge in [0.05, 0.1) is 6.54 Å². The maximum absolute atomic E-state index is 6.01. The molecule has 1 atom stereocenters. The second kappa shape index (κ2) is 6.66. The third-order valence-electron chi connectivity index (χ3n) is 3.67. The second-order valence-electron chi connectivity index (χ2n) is 5.85. The Hall–Kier alpha value is -1.96. The summed E-state index contributed by atoms with van der Waals surface area (Å²) in [6, 6.07) is 12.6. The van der Waals surface area contributed by atoms with E-state index in [1.165, 1.54) is 27.9 Å². The van der Waals surface area contributed by atoms with Crippen LogP contribution in [-0.2, 0) is 0 Å². The zero-order chi connectivity index (χ0) is 15.4. The fourth-order valence-corrected chi connectivity index (χ4v) is 2.65. The Morgan fingerprint density at radius 2 is 1.57 bits per heavy atom. The first kappa shape index (κ1) is 15.4. The Bertz CT molecular complexity index is 596. The summed E-state index contributed by atoms with van der Waals surface area (Å²) in [5.74, 6) is 0.962. The molecule has 2 heteroatoms. The first-order chi connectivity index (χ1) is 9.97. The average molecular weight is 283 g/mol. The van der Waals surface area contributed by atoms with E-state index in [0.29, 0.717) is 0 Å².